The summed E-state index contributed by atoms with van der Waals surface area (Å²) >= 11 is 0. The van der Waals surface area contributed by atoms with Gasteiger partial charge in [0.05, 0.1) is 18.4 Å². The number of carbonyl (C=O) groups excluding carboxylic acids is 1. The topological polar surface area (TPSA) is 67.2 Å². The van der Waals surface area contributed by atoms with Gasteiger partial charge < -0.3 is 9.47 Å². The Labute approximate surface area is 170 Å². The first-order valence-electron chi connectivity index (χ1n) is 10.4. The van der Waals surface area contributed by atoms with Crippen molar-refractivity contribution in [1.29, 1.82) is 0 Å². The van der Waals surface area contributed by atoms with E-state index >= 15 is 0 Å². The van der Waals surface area contributed by atoms with Gasteiger partial charge in [-0.05, 0) is 44.0 Å². The molecular weight excluding hydrogens is 364 g/mol. The van der Waals surface area contributed by atoms with E-state index < -0.39 is 0 Å². The molecule has 2 saturated heterocycles. The van der Waals surface area contributed by atoms with Crippen molar-refractivity contribution < 1.29 is 4.79 Å². The van der Waals surface area contributed by atoms with E-state index in [1.165, 1.54) is 19.3 Å². The van der Waals surface area contributed by atoms with E-state index in [4.69, 9.17) is 0 Å². The molecule has 3 aromatic rings. The van der Waals surface area contributed by atoms with Crippen LogP contribution >= 0.6 is 0 Å². The maximum absolute atomic E-state index is 12.9. The third-order valence-corrected chi connectivity index (χ3v) is 6.25. The zero-order chi connectivity index (χ0) is 19.8. The van der Waals surface area contributed by atoms with Crippen LogP contribution in [0.25, 0.3) is 11.2 Å². The molecule has 2 fully saturated rings. The molecule has 5 rings (SSSR count). The monoisotopic (exact) mass is 390 g/mol. The zero-order valence-corrected chi connectivity index (χ0v) is 16.7. The van der Waals surface area contributed by atoms with Crippen LogP contribution in [0.5, 0.6) is 0 Å². The summed E-state index contributed by atoms with van der Waals surface area (Å²) in [6, 6.07) is 6.95. The predicted octanol–water partition coefficient (Wildman–Crippen LogP) is 2.57. The normalized spacial score (nSPS) is 20.7. The number of nitrogens with zero attached hydrogens (tertiary/aromatic N) is 6. The molecule has 2 aliphatic heterocycles. The van der Waals surface area contributed by atoms with E-state index in [1.54, 1.807) is 18.7 Å². The average molecular weight is 390 g/mol. The highest BCUT2D eigenvalue weighted by atomic mass is 16.2. The van der Waals surface area contributed by atoms with Gasteiger partial charge in [0, 0.05) is 43.8 Å². The number of pyridine rings is 2. The Morgan fingerprint density at radius 1 is 1.21 bits per heavy atom. The molecule has 0 spiro atoms. The molecule has 0 radical (unpaired) electrons. The van der Waals surface area contributed by atoms with Gasteiger partial charge in [0.2, 0.25) is 0 Å². The second-order valence-electron chi connectivity index (χ2n) is 8.25. The van der Waals surface area contributed by atoms with Gasteiger partial charge in [0.25, 0.3) is 5.91 Å². The predicted molar refractivity (Wildman–Crippen MR) is 111 cm³/mol. The van der Waals surface area contributed by atoms with Crippen LogP contribution in [-0.4, -0.2) is 66.9 Å². The fourth-order valence-electron chi connectivity index (χ4n) is 4.55. The van der Waals surface area contributed by atoms with Gasteiger partial charge in [-0.1, -0.05) is 12.5 Å². The highest BCUT2D eigenvalue weighted by Crippen LogP contribution is 2.26. The van der Waals surface area contributed by atoms with Crippen LogP contribution in [0.3, 0.4) is 0 Å². The maximum atomic E-state index is 12.9. The number of hydrogen-bond donors (Lipinski definition) is 0. The van der Waals surface area contributed by atoms with E-state index in [1.807, 2.05) is 33.9 Å². The summed E-state index contributed by atoms with van der Waals surface area (Å²) in [4.78, 5) is 30.6. The lowest BCUT2D eigenvalue weighted by Crippen LogP contribution is -2.63. The lowest BCUT2D eigenvalue weighted by molar-refractivity contribution is 0.00211. The van der Waals surface area contributed by atoms with Crippen LogP contribution < -0.4 is 0 Å². The van der Waals surface area contributed by atoms with Gasteiger partial charge in [-0.3, -0.25) is 14.7 Å². The molecular formula is C22H26N6O. The Bertz CT molecular complexity index is 1010. The van der Waals surface area contributed by atoms with Crippen LogP contribution in [0, 0.1) is 0 Å². The molecule has 0 saturated carbocycles. The Kier molecular flexibility index (Phi) is 4.75. The van der Waals surface area contributed by atoms with Gasteiger partial charge in [0.1, 0.15) is 5.52 Å². The molecule has 5 heterocycles. The number of hydrogen-bond acceptors (Lipinski definition) is 5. The SMILES string of the molecule is CC1CCCCN1C1CN(C(=O)c2cnc3c(c2)ncn3Cc2cccnc2)C1. The van der Waals surface area contributed by atoms with E-state index in [0.29, 0.717) is 24.2 Å². The first kappa shape index (κ1) is 18.2. The summed E-state index contributed by atoms with van der Waals surface area (Å²) in [6.45, 7) is 5.76. The molecule has 29 heavy (non-hydrogen) atoms. The van der Waals surface area contributed by atoms with Gasteiger partial charge >= 0.3 is 0 Å². The first-order valence-corrected chi connectivity index (χ1v) is 10.4. The second-order valence-corrected chi connectivity index (χ2v) is 8.25. The van der Waals surface area contributed by atoms with Crippen molar-refractivity contribution in [1.82, 2.24) is 29.3 Å². The number of carbonyl (C=O) groups is 1. The lowest BCUT2D eigenvalue weighted by Gasteiger charge is -2.49. The molecule has 150 valence electrons. The second kappa shape index (κ2) is 7.55. The maximum Gasteiger partial charge on any atom is 0.255 e. The number of piperidine rings is 1. The molecule has 1 unspecified atom stereocenters. The molecule has 3 aromatic heterocycles. The highest BCUT2D eigenvalue weighted by Gasteiger charge is 2.37. The molecule has 7 heteroatoms. The van der Waals surface area contributed by atoms with Gasteiger partial charge in [-0.2, -0.15) is 0 Å². The Balaban J connectivity index is 1.27. The van der Waals surface area contributed by atoms with Gasteiger partial charge in [0.15, 0.2) is 5.65 Å². The quantitative estimate of drug-likeness (QED) is 0.685. The Morgan fingerprint density at radius 3 is 2.90 bits per heavy atom. The minimum Gasteiger partial charge on any atom is -0.335 e. The summed E-state index contributed by atoms with van der Waals surface area (Å²) in [7, 11) is 0. The van der Waals surface area contributed by atoms with Crippen molar-refractivity contribution in [2.24, 2.45) is 0 Å². The number of rotatable bonds is 4. The van der Waals surface area contributed by atoms with Crippen LogP contribution in [-0.2, 0) is 6.54 Å². The van der Waals surface area contributed by atoms with E-state index in [9.17, 15) is 4.79 Å². The summed E-state index contributed by atoms with van der Waals surface area (Å²) in [6.07, 6.45) is 10.9. The zero-order valence-electron chi connectivity index (χ0n) is 16.7. The van der Waals surface area contributed by atoms with E-state index in [0.717, 1.165) is 36.4 Å². The van der Waals surface area contributed by atoms with Crippen LogP contribution in [0.2, 0.25) is 0 Å². The molecule has 7 nitrogen and oxygen atoms in total. The van der Waals surface area contributed by atoms with E-state index in [2.05, 4.69) is 26.8 Å². The Hall–Kier alpha value is -2.80. The fourth-order valence-corrected chi connectivity index (χ4v) is 4.55. The molecule has 1 atom stereocenters. The summed E-state index contributed by atoms with van der Waals surface area (Å²) in [5.41, 5.74) is 3.25. The van der Waals surface area contributed by atoms with E-state index in [-0.39, 0.29) is 5.91 Å². The molecule has 0 bridgehead atoms. The molecule has 2 aliphatic rings. The van der Waals surface area contributed by atoms with Gasteiger partial charge in [-0.15, -0.1) is 0 Å². The Morgan fingerprint density at radius 2 is 2.10 bits per heavy atom. The smallest absolute Gasteiger partial charge is 0.255 e. The minimum atomic E-state index is 0.0575. The van der Waals surface area contributed by atoms with Crippen molar-refractivity contribution in [2.45, 2.75) is 44.8 Å². The van der Waals surface area contributed by atoms with Crippen molar-refractivity contribution in [3.05, 3.63) is 54.2 Å². The minimum absolute atomic E-state index is 0.0575. The number of imidazole rings is 1. The van der Waals surface area contributed by atoms with Crippen LogP contribution in [0.15, 0.2) is 43.1 Å². The van der Waals surface area contributed by atoms with Crippen molar-refractivity contribution in [3.8, 4) is 0 Å². The molecule has 0 aromatic carbocycles. The van der Waals surface area contributed by atoms with Crippen LogP contribution in [0.1, 0.15) is 42.1 Å². The number of fused-ring (bicyclic) bond motifs is 1. The number of amides is 1. The van der Waals surface area contributed by atoms with Crippen molar-refractivity contribution >= 4 is 17.1 Å². The lowest BCUT2D eigenvalue weighted by atomic mass is 9.97. The number of aromatic nitrogens is 4. The van der Waals surface area contributed by atoms with Crippen LogP contribution in [0.4, 0.5) is 0 Å². The van der Waals surface area contributed by atoms with Gasteiger partial charge in [-0.25, -0.2) is 9.97 Å². The van der Waals surface area contributed by atoms with Crippen molar-refractivity contribution in [3.63, 3.8) is 0 Å². The summed E-state index contributed by atoms with van der Waals surface area (Å²) in [5.74, 6) is 0.0575. The largest absolute Gasteiger partial charge is 0.335 e. The molecule has 1 amide bonds. The third-order valence-electron chi connectivity index (χ3n) is 6.25. The third kappa shape index (κ3) is 3.51. The average Bonchev–Trinajstić information content (AvgIpc) is 3.11. The summed E-state index contributed by atoms with van der Waals surface area (Å²) in [5, 5.41) is 0. The molecule has 0 N–H and O–H groups in total. The fraction of sp³-hybridized carbons (Fsp3) is 0.455. The molecule has 0 aliphatic carbocycles. The first-order chi connectivity index (χ1) is 14.2. The summed E-state index contributed by atoms with van der Waals surface area (Å²) < 4.78 is 1.98. The van der Waals surface area contributed by atoms with Crippen molar-refractivity contribution in [2.75, 3.05) is 19.6 Å². The standard InChI is InChI=1S/C22H26N6O/c1-16-5-2-3-8-28(16)19-13-26(14-19)22(29)18-9-20-21(24-11-18)27(15-25-20)12-17-6-4-7-23-10-17/h4,6-7,9-11,15-16,19H,2-3,5,8,12-14H2,1H3. The highest BCUT2D eigenvalue weighted by molar-refractivity contribution is 5.96. The number of likely N-dealkylation sites (tertiary alicyclic amines) is 2.